The Labute approximate surface area is 157 Å². The molecule has 3 rings (SSSR count). The summed E-state index contributed by atoms with van der Waals surface area (Å²) in [6, 6.07) is 7.28. The van der Waals surface area contributed by atoms with Gasteiger partial charge in [-0.15, -0.1) is 36.2 Å². The smallest absolute Gasteiger partial charge is 0.255 e. The summed E-state index contributed by atoms with van der Waals surface area (Å²) in [5, 5.41) is 4.82. The number of hydrogen-bond acceptors (Lipinski definition) is 5. The zero-order valence-corrected chi connectivity index (χ0v) is 15.5. The molecule has 1 amide bonds. The number of amides is 1. The van der Waals surface area contributed by atoms with E-state index in [4.69, 9.17) is 10.5 Å². The van der Waals surface area contributed by atoms with Crippen molar-refractivity contribution in [2.24, 2.45) is 11.7 Å². The highest BCUT2D eigenvalue weighted by Gasteiger charge is 2.28. The number of nitrogens with zero attached hydrogens (tertiary/aromatic N) is 1. The maximum absolute atomic E-state index is 12.3. The van der Waals surface area contributed by atoms with E-state index in [-0.39, 0.29) is 36.8 Å². The number of nitrogens with one attached hydrogen (secondary N) is 1. The van der Waals surface area contributed by atoms with Crippen LogP contribution in [0.4, 0.5) is 0 Å². The number of rotatable bonds is 7. The van der Waals surface area contributed by atoms with Gasteiger partial charge in [0.05, 0.1) is 16.8 Å². The topological polar surface area (TPSA) is 77.2 Å². The molecule has 2 aromatic rings. The van der Waals surface area contributed by atoms with Crippen molar-refractivity contribution in [3.05, 3.63) is 46.4 Å². The Morgan fingerprint density at radius 3 is 2.79 bits per heavy atom. The third-order valence-electron chi connectivity index (χ3n) is 3.72. The molecular formula is C16H21Cl2N3O2S. The van der Waals surface area contributed by atoms with Crippen molar-refractivity contribution >= 4 is 42.1 Å². The second kappa shape index (κ2) is 9.84. The van der Waals surface area contributed by atoms with Crippen LogP contribution in [0, 0.1) is 5.92 Å². The first kappa shape index (κ1) is 20.7. The highest BCUT2D eigenvalue weighted by atomic mass is 35.5. The number of carbonyl (C=O) groups is 1. The third kappa shape index (κ3) is 5.63. The molecule has 24 heavy (non-hydrogen) atoms. The number of aromatic nitrogens is 1. The number of nitrogens with two attached hydrogens (primary N) is 1. The van der Waals surface area contributed by atoms with Crippen LogP contribution >= 0.6 is 36.2 Å². The van der Waals surface area contributed by atoms with E-state index < -0.39 is 0 Å². The highest BCUT2D eigenvalue weighted by Crippen LogP contribution is 2.31. The molecule has 1 heterocycles. The summed E-state index contributed by atoms with van der Waals surface area (Å²) >= 11 is 1.52. The van der Waals surface area contributed by atoms with Gasteiger partial charge in [-0.2, -0.15) is 0 Å². The van der Waals surface area contributed by atoms with E-state index in [9.17, 15) is 4.79 Å². The van der Waals surface area contributed by atoms with Gasteiger partial charge in [0.15, 0.2) is 0 Å². The molecule has 0 bridgehead atoms. The Morgan fingerprint density at radius 1 is 1.38 bits per heavy atom. The maximum atomic E-state index is 12.3. The predicted octanol–water partition coefficient (Wildman–Crippen LogP) is 3.03. The molecular weight excluding hydrogens is 369 g/mol. The predicted molar refractivity (Wildman–Crippen MR) is 100 cm³/mol. The molecule has 1 fully saturated rings. The number of para-hydroxylation sites is 1. The van der Waals surface area contributed by atoms with Crippen LogP contribution < -0.4 is 15.8 Å². The molecule has 1 aliphatic rings. The lowest BCUT2D eigenvalue weighted by atomic mass is 10.1. The number of ether oxygens (including phenoxy) is 1. The van der Waals surface area contributed by atoms with Gasteiger partial charge in [0.1, 0.15) is 12.4 Å². The average Bonchev–Trinajstić information content (AvgIpc) is 3.27. The lowest BCUT2D eigenvalue weighted by Gasteiger charge is -2.14. The SMILES string of the molecule is Cl.Cl.NC(CNC(=O)c1ccccc1OCc1cscn1)C1CC1. The molecule has 0 aliphatic heterocycles. The first-order chi connectivity index (χ1) is 10.7. The van der Waals surface area contributed by atoms with Gasteiger partial charge in [0, 0.05) is 18.0 Å². The second-order valence-electron chi connectivity index (χ2n) is 5.48. The van der Waals surface area contributed by atoms with Crippen LogP contribution in [0.25, 0.3) is 0 Å². The van der Waals surface area contributed by atoms with Gasteiger partial charge in [-0.1, -0.05) is 12.1 Å². The summed E-state index contributed by atoms with van der Waals surface area (Å²) < 4.78 is 5.72. The van der Waals surface area contributed by atoms with Crippen molar-refractivity contribution in [2.45, 2.75) is 25.5 Å². The van der Waals surface area contributed by atoms with Gasteiger partial charge >= 0.3 is 0 Å². The van der Waals surface area contributed by atoms with Gasteiger partial charge in [0.2, 0.25) is 0 Å². The van der Waals surface area contributed by atoms with Crippen LogP contribution in [0.15, 0.2) is 35.2 Å². The Morgan fingerprint density at radius 2 is 2.12 bits per heavy atom. The number of carbonyl (C=O) groups excluding carboxylic acids is 1. The lowest BCUT2D eigenvalue weighted by Crippen LogP contribution is -2.38. The van der Waals surface area contributed by atoms with E-state index in [2.05, 4.69) is 10.3 Å². The molecule has 1 aromatic carbocycles. The first-order valence-corrected chi connectivity index (χ1v) is 8.31. The number of halogens is 2. The van der Waals surface area contributed by atoms with Crippen molar-refractivity contribution in [1.29, 1.82) is 0 Å². The number of thiazole rings is 1. The summed E-state index contributed by atoms with van der Waals surface area (Å²) in [6.45, 7) is 0.860. The Bertz CT molecular complexity index is 636. The van der Waals surface area contributed by atoms with Crippen molar-refractivity contribution < 1.29 is 9.53 Å². The highest BCUT2D eigenvalue weighted by molar-refractivity contribution is 7.07. The molecule has 132 valence electrons. The fourth-order valence-electron chi connectivity index (χ4n) is 2.24. The summed E-state index contributed by atoms with van der Waals surface area (Å²) in [5.74, 6) is 0.981. The zero-order chi connectivity index (χ0) is 15.4. The molecule has 1 saturated carbocycles. The Kier molecular flexibility index (Phi) is 8.48. The minimum atomic E-state index is -0.148. The molecule has 1 aromatic heterocycles. The van der Waals surface area contributed by atoms with Crippen LogP contribution in [0.2, 0.25) is 0 Å². The van der Waals surface area contributed by atoms with E-state index >= 15 is 0 Å². The van der Waals surface area contributed by atoms with Crippen LogP contribution in [0.5, 0.6) is 5.75 Å². The van der Waals surface area contributed by atoms with E-state index in [1.165, 1.54) is 24.2 Å². The molecule has 3 N–H and O–H groups in total. The zero-order valence-electron chi connectivity index (χ0n) is 13.0. The monoisotopic (exact) mass is 389 g/mol. The molecule has 1 unspecified atom stereocenters. The van der Waals surface area contributed by atoms with Crippen molar-refractivity contribution in [3.8, 4) is 5.75 Å². The quantitative estimate of drug-likeness (QED) is 0.762. The van der Waals surface area contributed by atoms with Gasteiger partial charge < -0.3 is 15.8 Å². The van der Waals surface area contributed by atoms with E-state index in [0.717, 1.165) is 5.69 Å². The van der Waals surface area contributed by atoms with Crippen molar-refractivity contribution in [2.75, 3.05) is 6.54 Å². The molecule has 8 heteroatoms. The molecule has 0 spiro atoms. The number of benzene rings is 1. The molecule has 1 aliphatic carbocycles. The van der Waals surface area contributed by atoms with Crippen LogP contribution in [0.3, 0.4) is 0 Å². The molecule has 0 radical (unpaired) electrons. The van der Waals surface area contributed by atoms with E-state index in [0.29, 0.717) is 30.4 Å². The first-order valence-electron chi connectivity index (χ1n) is 7.36. The summed E-state index contributed by atoms with van der Waals surface area (Å²) in [7, 11) is 0. The van der Waals surface area contributed by atoms with E-state index in [1.807, 2.05) is 17.5 Å². The van der Waals surface area contributed by atoms with Gasteiger partial charge in [-0.3, -0.25) is 4.79 Å². The lowest BCUT2D eigenvalue weighted by molar-refractivity contribution is 0.0945. The molecule has 5 nitrogen and oxygen atoms in total. The fraction of sp³-hybridized carbons (Fsp3) is 0.375. The van der Waals surface area contributed by atoms with Crippen LogP contribution in [0.1, 0.15) is 28.9 Å². The average molecular weight is 390 g/mol. The molecule has 1 atom stereocenters. The standard InChI is InChI=1S/C16H19N3O2S.2ClH/c17-14(11-5-6-11)7-18-16(20)13-3-1-2-4-15(13)21-8-12-9-22-10-19-12;;/h1-4,9-11,14H,5-8,17H2,(H,18,20);2*1H. The van der Waals surface area contributed by atoms with E-state index in [1.54, 1.807) is 17.6 Å². The second-order valence-corrected chi connectivity index (χ2v) is 6.19. The van der Waals surface area contributed by atoms with Crippen LogP contribution in [-0.2, 0) is 6.61 Å². The maximum Gasteiger partial charge on any atom is 0.255 e. The van der Waals surface area contributed by atoms with Gasteiger partial charge in [-0.05, 0) is 30.9 Å². The number of hydrogen-bond donors (Lipinski definition) is 2. The largest absolute Gasteiger partial charge is 0.486 e. The minimum Gasteiger partial charge on any atom is -0.486 e. The van der Waals surface area contributed by atoms with Crippen molar-refractivity contribution in [1.82, 2.24) is 10.3 Å². The summed E-state index contributed by atoms with van der Waals surface area (Å²) in [5.41, 5.74) is 9.16. The Balaban J connectivity index is 0.00000144. The normalized spacial score (nSPS) is 14.0. The van der Waals surface area contributed by atoms with Crippen LogP contribution in [-0.4, -0.2) is 23.5 Å². The Hall–Kier alpha value is -1.34. The summed E-state index contributed by atoms with van der Waals surface area (Å²) in [6.07, 6.45) is 2.34. The molecule has 0 saturated heterocycles. The van der Waals surface area contributed by atoms with Gasteiger partial charge in [-0.25, -0.2) is 4.98 Å². The van der Waals surface area contributed by atoms with Gasteiger partial charge in [0.25, 0.3) is 5.91 Å². The minimum absolute atomic E-state index is 0. The fourth-order valence-corrected chi connectivity index (χ4v) is 2.78. The third-order valence-corrected chi connectivity index (χ3v) is 4.35. The van der Waals surface area contributed by atoms with Crippen molar-refractivity contribution in [3.63, 3.8) is 0 Å². The summed E-state index contributed by atoms with van der Waals surface area (Å²) in [4.78, 5) is 16.5.